The predicted octanol–water partition coefficient (Wildman–Crippen LogP) is 12.6. The second-order valence-corrected chi connectivity index (χ2v) is 25.8. The molecule has 0 aliphatic heterocycles. The van der Waals surface area contributed by atoms with Gasteiger partial charge in [0.05, 0.1) is 0 Å². The molecule has 0 N–H and O–H groups in total. The molecule has 0 aliphatic carbocycles. The fraction of sp³-hybridized carbons (Fsp3) is 1.00. The molecule has 0 radical (unpaired) electrons. The second-order valence-electron chi connectivity index (χ2n) is 11.6. The van der Waals surface area contributed by atoms with Gasteiger partial charge >= 0.3 is 218 Å². The van der Waals surface area contributed by atoms with Crippen LogP contribution >= 0.6 is 0 Å². The van der Waals surface area contributed by atoms with Gasteiger partial charge in [0, 0.05) is 0 Å². The van der Waals surface area contributed by atoms with Crippen LogP contribution in [0, 0.1) is 0 Å². The summed E-state index contributed by atoms with van der Waals surface area (Å²) >= 11 is -1.97. The molecular formula is C32H69Sb. The van der Waals surface area contributed by atoms with E-state index in [1.807, 2.05) is 0 Å². The molecule has 202 valence electrons. The minimum absolute atomic E-state index is 1.39. The third kappa shape index (κ3) is 23.0. The summed E-state index contributed by atoms with van der Waals surface area (Å²) in [4.78, 5) is 0. The van der Waals surface area contributed by atoms with E-state index in [0.717, 1.165) is 0 Å². The topological polar surface area (TPSA) is 0 Å². The molecular weight excluding hydrogens is 506 g/mol. The van der Waals surface area contributed by atoms with Crippen molar-refractivity contribution in [2.75, 3.05) is 0 Å². The third-order valence-electron chi connectivity index (χ3n) is 8.24. The summed E-state index contributed by atoms with van der Waals surface area (Å²) in [5.74, 6) is 0. The first-order chi connectivity index (χ1) is 16.2. The van der Waals surface area contributed by atoms with Gasteiger partial charge in [0.25, 0.3) is 0 Å². The van der Waals surface area contributed by atoms with Crippen molar-refractivity contribution in [2.45, 2.75) is 199 Å². The summed E-state index contributed by atoms with van der Waals surface area (Å²) in [6, 6.07) is 0. The maximum absolute atomic E-state index is 2.35. The molecule has 0 rings (SSSR count). The number of unbranched alkanes of at least 4 members (excludes halogenated alkanes) is 20. The van der Waals surface area contributed by atoms with Crippen LogP contribution in [0.15, 0.2) is 0 Å². The zero-order valence-electron chi connectivity index (χ0n) is 24.3. The van der Waals surface area contributed by atoms with Crippen molar-refractivity contribution in [1.29, 1.82) is 0 Å². The molecule has 0 unspecified atom stereocenters. The summed E-state index contributed by atoms with van der Waals surface area (Å²) in [7, 11) is 0. The van der Waals surface area contributed by atoms with Crippen LogP contribution in [-0.2, 0) is 0 Å². The van der Waals surface area contributed by atoms with E-state index in [1.165, 1.54) is 103 Å². The van der Waals surface area contributed by atoms with Gasteiger partial charge in [-0.05, 0) is 0 Å². The number of rotatable bonds is 28. The summed E-state index contributed by atoms with van der Waals surface area (Å²) in [5.41, 5.74) is 0. The van der Waals surface area contributed by atoms with Gasteiger partial charge in [-0.1, -0.05) is 0 Å². The summed E-state index contributed by atoms with van der Waals surface area (Å²) in [6.45, 7) is 9.40. The van der Waals surface area contributed by atoms with E-state index in [4.69, 9.17) is 0 Å². The summed E-state index contributed by atoms with van der Waals surface area (Å²) < 4.78 is 7.00. The molecule has 0 heterocycles. The quantitative estimate of drug-likeness (QED) is 0.0643. The molecule has 0 spiro atoms. The van der Waals surface area contributed by atoms with Gasteiger partial charge in [0.2, 0.25) is 0 Å². The van der Waals surface area contributed by atoms with Gasteiger partial charge in [0.15, 0.2) is 0 Å². The molecule has 0 nitrogen and oxygen atoms in total. The summed E-state index contributed by atoms with van der Waals surface area (Å²) in [6.07, 6.45) is 36.0. The molecule has 0 atom stereocenters. The van der Waals surface area contributed by atoms with E-state index < -0.39 is 18.8 Å². The minimum atomic E-state index is -1.97. The van der Waals surface area contributed by atoms with Gasteiger partial charge in [0.1, 0.15) is 0 Å². The Balaban J connectivity index is 4.74. The monoisotopic (exact) mass is 574 g/mol. The fourth-order valence-electron chi connectivity index (χ4n) is 5.87. The first kappa shape index (κ1) is 33.8. The van der Waals surface area contributed by atoms with Crippen molar-refractivity contribution in [2.24, 2.45) is 0 Å². The fourth-order valence-corrected chi connectivity index (χ4v) is 21.6. The summed E-state index contributed by atoms with van der Waals surface area (Å²) in [5, 5.41) is 0. The molecule has 0 aromatic rings. The molecule has 0 aromatic heterocycles. The zero-order valence-corrected chi connectivity index (χ0v) is 27.2. The van der Waals surface area contributed by atoms with Crippen LogP contribution in [0.2, 0.25) is 17.5 Å². The Morgan fingerprint density at radius 3 is 0.636 bits per heavy atom. The Hall–Kier alpha value is 0.818. The molecule has 0 saturated carbocycles. The Morgan fingerprint density at radius 1 is 0.242 bits per heavy atom. The van der Waals surface area contributed by atoms with Crippen LogP contribution in [-0.4, -0.2) is 18.8 Å². The number of hydrogen-bond acceptors (Lipinski definition) is 0. The van der Waals surface area contributed by atoms with Crippen molar-refractivity contribution in [1.82, 2.24) is 0 Å². The number of hydrogen-bond donors (Lipinski definition) is 0. The van der Waals surface area contributed by atoms with E-state index in [9.17, 15) is 0 Å². The molecule has 0 bridgehead atoms. The van der Waals surface area contributed by atoms with E-state index in [-0.39, 0.29) is 0 Å². The van der Waals surface area contributed by atoms with Gasteiger partial charge < -0.3 is 0 Å². The van der Waals surface area contributed by atoms with Crippen molar-refractivity contribution in [3.05, 3.63) is 0 Å². The first-order valence-corrected chi connectivity index (χ1v) is 24.3. The Kier molecular flexibility index (Phi) is 28.1. The van der Waals surface area contributed by atoms with Crippen LogP contribution in [0.1, 0.15) is 182 Å². The predicted molar refractivity (Wildman–Crippen MR) is 160 cm³/mol. The molecule has 0 amide bonds. The average molecular weight is 576 g/mol. The zero-order chi connectivity index (χ0) is 24.3. The second kappa shape index (κ2) is 27.4. The molecule has 0 fully saturated rings. The van der Waals surface area contributed by atoms with Gasteiger partial charge in [-0.3, -0.25) is 0 Å². The molecule has 0 aromatic carbocycles. The van der Waals surface area contributed by atoms with E-state index in [2.05, 4.69) is 27.7 Å². The normalized spacial score (nSPS) is 12.5. The van der Waals surface area contributed by atoms with Gasteiger partial charge in [-0.2, -0.15) is 0 Å². The van der Waals surface area contributed by atoms with Crippen LogP contribution < -0.4 is 0 Å². The van der Waals surface area contributed by atoms with E-state index >= 15 is 0 Å². The van der Waals surface area contributed by atoms with Crippen LogP contribution in [0.5, 0.6) is 0 Å². The third-order valence-corrected chi connectivity index (χ3v) is 24.4. The van der Waals surface area contributed by atoms with Crippen molar-refractivity contribution >= 4 is 18.8 Å². The van der Waals surface area contributed by atoms with E-state index in [0.29, 0.717) is 0 Å². The Labute approximate surface area is 217 Å². The van der Waals surface area contributed by atoms with Gasteiger partial charge in [-0.15, -0.1) is 0 Å². The van der Waals surface area contributed by atoms with E-state index in [1.54, 1.807) is 68.8 Å². The molecule has 33 heavy (non-hydrogen) atoms. The standard InChI is InChI=1S/4C8H17.Sb.H/c4*1-3-5-7-8-6-4-2;;/h4*1,3-8H2,2H3;;. The molecule has 0 aliphatic rings. The van der Waals surface area contributed by atoms with Crippen molar-refractivity contribution in [3.63, 3.8) is 0 Å². The maximum atomic E-state index is 2.35. The average Bonchev–Trinajstić information content (AvgIpc) is 2.83. The van der Waals surface area contributed by atoms with Crippen molar-refractivity contribution < 1.29 is 0 Å². The van der Waals surface area contributed by atoms with Gasteiger partial charge in [-0.25, -0.2) is 0 Å². The molecule has 0 saturated heterocycles. The molecule has 1 heteroatoms. The first-order valence-electron chi connectivity index (χ1n) is 16.2. The SMILES string of the molecule is CCCCCCC[CH2][SbH]([CH2]CCCCCCC)([CH2]CCCCCCC)[CH2]CCCCCCC. The van der Waals surface area contributed by atoms with Crippen molar-refractivity contribution in [3.8, 4) is 0 Å². The van der Waals surface area contributed by atoms with Crippen LogP contribution in [0.4, 0.5) is 0 Å². The Bertz CT molecular complexity index is 281. The Morgan fingerprint density at radius 2 is 0.424 bits per heavy atom. The van der Waals surface area contributed by atoms with Crippen LogP contribution in [0.25, 0.3) is 0 Å². The van der Waals surface area contributed by atoms with Crippen LogP contribution in [0.3, 0.4) is 0 Å².